The fourth-order valence-electron chi connectivity index (χ4n) is 1.05. The van der Waals surface area contributed by atoms with Crippen molar-refractivity contribution in [3.8, 4) is 11.4 Å². The maximum absolute atomic E-state index is 13.2. The van der Waals surface area contributed by atoms with Gasteiger partial charge in [-0.05, 0) is 12.1 Å². The van der Waals surface area contributed by atoms with E-state index >= 15 is 0 Å². The summed E-state index contributed by atoms with van der Waals surface area (Å²) in [6.45, 7) is 0. The first kappa shape index (κ1) is 9.14. The van der Waals surface area contributed by atoms with Crippen molar-refractivity contribution in [3.63, 3.8) is 0 Å². The molecule has 1 heterocycles. The summed E-state index contributed by atoms with van der Waals surface area (Å²) in [5.74, 6) is -1.79. The number of hydrogen-bond donors (Lipinski definition) is 2. The van der Waals surface area contributed by atoms with Gasteiger partial charge in [0.1, 0.15) is 0 Å². The van der Waals surface area contributed by atoms with Crippen molar-refractivity contribution in [3.05, 3.63) is 29.8 Å². The number of thiol groups is 1. The highest BCUT2D eigenvalue weighted by molar-refractivity contribution is 7.80. The fourth-order valence-corrected chi connectivity index (χ4v) is 1.19. The molecule has 0 radical (unpaired) electrons. The van der Waals surface area contributed by atoms with E-state index in [4.69, 9.17) is 0 Å². The highest BCUT2D eigenvalue weighted by atomic mass is 32.1. The van der Waals surface area contributed by atoms with Gasteiger partial charge in [0, 0.05) is 0 Å². The van der Waals surface area contributed by atoms with Gasteiger partial charge in [0.05, 0.1) is 5.56 Å². The number of aromatic nitrogens is 3. The second kappa shape index (κ2) is 3.38. The molecular weight excluding hydrogens is 208 g/mol. The monoisotopic (exact) mass is 213 g/mol. The highest BCUT2D eigenvalue weighted by Crippen LogP contribution is 2.21. The Morgan fingerprint density at radius 2 is 2.07 bits per heavy atom. The standard InChI is InChI=1S/C8H5F2N3S/c9-5-3-1-2-4(6(5)10)7-11-8(14)13-12-7/h1-3H,(H2,11,12,13,14). The van der Waals surface area contributed by atoms with Crippen LogP contribution in [-0.4, -0.2) is 15.2 Å². The van der Waals surface area contributed by atoms with Gasteiger partial charge < -0.3 is 0 Å². The molecular formula is C8H5F2N3S. The van der Waals surface area contributed by atoms with Gasteiger partial charge in [0.15, 0.2) is 22.6 Å². The average molecular weight is 213 g/mol. The van der Waals surface area contributed by atoms with Crippen molar-refractivity contribution in [2.24, 2.45) is 0 Å². The Labute approximate surface area is 83.6 Å². The number of H-pyrrole nitrogens is 1. The van der Waals surface area contributed by atoms with Crippen molar-refractivity contribution >= 4 is 12.6 Å². The zero-order chi connectivity index (χ0) is 10.1. The summed E-state index contributed by atoms with van der Waals surface area (Å²) in [5, 5.41) is 6.35. The molecule has 0 amide bonds. The second-order valence-corrected chi connectivity index (χ2v) is 3.01. The van der Waals surface area contributed by atoms with Crippen LogP contribution in [-0.2, 0) is 0 Å². The summed E-state index contributed by atoms with van der Waals surface area (Å²) in [4.78, 5) is 3.77. The normalized spacial score (nSPS) is 10.5. The van der Waals surface area contributed by atoms with Gasteiger partial charge in [-0.2, -0.15) is 5.10 Å². The third-order valence-electron chi connectivity index (χ3n) is 1.67. The van der Waals surface area contributed by atoms with Crippen LogP contribution in [0.2, 0.25) is 0 Å². The van der Waals surface area contributed by atoms with Crippen LogP contribution in [0, 0.1) is 11.6 Å². The highest BCUT2D eigenvalue weighted by Gasteiger charge is 2.12. The van der Waals surface area contributed by atoms with E-state index in [1.807, 2.05) is 0 Å². The lowest BCUT2D eigenvalue weighted by Gasteiger charge is -1.97. The molecule has 0 unspecified atom stereocenters. The molecule has 0 spiro atoms. The third kappa shape index (κ3) is 1.48. The van der Waals surface area contributed by atoms with Gasteiger partial charge in [-0.1, -0.05) is 6.07 Å². The molecule has 1 N–H and O–H groups in total. The SMILES string of the molecule is Fc1cccc(-c2n[nH]c(S)n2)c1F. The van der Waals surface area contributed by atoms with E-state index in [1.165, 1.54) is 12.1 Å². The predicted octanol–water partition coefficient (Wildman–Crippen LogP) is 2.04. The molecule has 0 bridgehead atoms. The Bertz CT molecular complexity index is 469. The minimum Gasteiger partial charge on any atom is -0.254 e. The molecule has 2 aromatic rings. The molecule has 0 aliphatic heterocycles. The lowest BCUT2D eigenvalue weighted by molar-refractivity contribution is 0.510. The van der Waals surface area contributed by atoms with Crippen LogP contribution < -0.4 is 0 Å². The van der Waals surface area contributed by atoms with E-state index in [0.29, 0.717) is 0 Å². The summed E-state index contributed by atoms with van der Waals surface area (Å²) < 4.78 is 26.0. The molecule has 1 aromatic heterocycles. The Morgan fingerprint density at radius 1 is 1.29 bits per heavy atom. The summed E-state index contributed by atoms with van der Waals surface area (Å²) in [6, 6.07) is 3.82. The van der Waals surface area contributed by atoms with Crippen molar-refractivity contribution in [2.45, 2.75) is 5.16 Å². The molecule has 72 valence electrons. The first-order chi connectivity index (χ1) is 6.68. The van der Waals surface area contributed by atoms with Crippen LogP contribution in [0.5, 0.6) is 0 Å². The van der Waals surface area contributed by atoms with Gasteiger partial charge in [0.2, 0.25) is 0 Å². The fraction of sp³-hybridized carbons (Fsp3) is 0. The summed E-state index contributed by atoms with van der Waals surface area (Å²) in [7, 11) is 0. The Balaban J connectivity index is 2.57. The lowest BCUT2D eigenvalue weighted by Crippen LogP contribution is -1.90. The van der Waals surface area contributed by atoms with E-state index in [2.05, 4.69) is 27.8 Å². The Hall–Kier alpha value is -1.43. The largest absolute Gasteiger partial charge is 0.254 e. The van der Waals surface area contributed by atoms with Crippen molar-refractivity contribution in [1.82, 2.24) is 15.2 Å². The van der Waals surface area contributed by atoms with Gasteiger partial charge in [-0.3, -0.25) is 5.10 Å². The minimum atomic E-state index is -0.958. The number of nitrogens with zero attached hydrogens (tertiary/aromatic N) is 2. The van der Waals surface area contributed by atoms with Crippen LogP contribution >= 0.6 is 12.6 Å². The molecule has 0 saturated heterocycles. The number of nitrogens with one attached hydrogen (secondary N) is 1. The maximum Gasteiger partial charge on any atom is 0.185 e. The van der Waals surface area contributed by atoms with Crippen LogP contribution in [0.1, 0.15) is 0 Å². The van der Waals surface area contributed by atoms with E-state index < -0.39 is 11.6 Å². The van der Waals surface area contributed by atoms with E-state index in [-0.39, 0.29) is 16.5 Å². The van der Waals surface area contributed by atoms with Gasteiger partial charge in [-0.15, -0.1) is 12.6 Å². The Kier molecular flexibility index (Phi) is 2.20. The summed E-state index contributed by atoms with van der Waals surface area (Å²) >= 11 is 3.87. The quantitative estimate of drug-likeness (QED) is 0.712. The summed E-state index contributed by atoms with van der Waals surface area (Å²) in [5.41, 5.74) is 0.0153. The molecule has 0 fully saturated rings. The Morgan fingerprint density at radius 3 is 2.71 bits per heavy atom. The minimum absolute atomic E-state index is 0.0153. The van der Waals surface area contributed by atoms with Gasteiger partial charge in [-0.25, -0.2) is 13.8 Å². The predicted molar refractivity (Wildman–Crippen MR) is 49.0 cm³/mol. The smallest absolute Gasteiger partial charge is 0.185 e. The molecule has 1 aromatic carbocycles. The number of halogens is 2. The van der Waals surface area contributed by atoms with Crippen LogP contribution in [0.15, 0.2) is 23.4 Å². The number of benzene rings is 1. The van der Waals surface area contributed by atoms with E-state index in [9.17, 15) is 8.78 Å². The number of hydrogen-bond acceptors (Lipinski definition) is 3. The zero-order valence-corrected chi connectivity index (χ0v) is 7.72. The lowest BCUT2D eigenvalue weighted by atomic mass is 10.2. The number of aromatic amines is 1. The second-order valence-electron chi connectivity index (χ2n) is 2.58. The molecule has 6 heteroatoms. The van der Waals surface area contributed by atoms with Gasteiger partial charge in [0.25, 0.3) is 0 Å². The maximum atomic E-state index is 13.2. The zero-order valence-electron chi connectivity index (χ0n) is 6.83. The molecule has 3 nitrogen and oxygen atoms in total. The van der Waals surface area contributed by atoms with Crippen molar-refractivity contribution in [2.75, 3.05) is 0 Å². The first-order valence-electron chi connectivity index (χ1n) is 3.74. The van der Waals surface area contributed by atoms with Gasteiger partial charge >= 0.3 is 0 Å². The first-order valence-corrected chi connectivity index (χ1v) is 4.19. The molecule has 2 rings (SSSR count). The third-order valence-corrected chi connectivity index (χ3v) is 1.87. The molecule has 0 aliphatic carbocycles. The van der Waals surface area contributed by atoms with E-state index in [0.717, 1.165) is 6.07 Å². The van der Waals surface area contributed by atoms with Crippen molar-refractivity contribution in [1.29, 1.82) is 0 Å². The van der Waals surface area contributed by atoms with Crippen LogP contribution in [0.4, 0.5) is 8.78 Å². The van der Waals surface area contributed by atoms with Crippen LogP contribution in [0.3, 0.4) is 0 Å². The van der Waals surface area contributed by atoms with E-state index in [1.54, 1.807) is 0 Å². The molecule has 0 atom stereocenters. The topological polar surface area (TPSA) is 41.6 Å². The van der Waals surface area contributed by atoms with Crippen LogP contribution in [0.25, 0.3) is 11.4 Å². The molecule has 0 aliphatic rings. The summed E-state index contributed by atoms with van der Waals surface area (Å²) in [6.07, 6.45) is 0. The average Bonchev–Trinajstić information content (AvgIpc) is 2.57. The molecule has 14 heavy (non-hydrogen) atoms. The van der Waals surface area contributed by atoms with Crippen molar-refractivity contribution < 1.29 is 8.78 Å². The molecule has 0 saturated carbocycles. The number of rotatable bonds is 1.